The minimum absolute atomic E-state index is 0.00493. The van der Waals surface area contributed by atoms with Crippen molar-refractivity contribution in [2.75, 3.05) is 0 Å². The minimum Gasteiger partial charge on any atom is -0.354 e. The molecule has 0 unspecified atom stereocenters. The van der Waals surface area contributed by atoms with Crippen molar-refractivity contribution in [2.24, 2.45) is 5.14 Å². The number of imidazole rings is 1. The molecular weight excluding hydrogens is 340 g/mol. The van der Waals surface area contributed by atoms with Crippen LogP contribution < -0.4 is 10.5 Å². The molecule has 1 heterocycles. The maximum Gasteiger partial charge on any atom is 0.238 e. The first-order valence-corrected chi connectivity index (χ1v) is 10.1. The molecule has 7 nitrogen and oxygen atoms in total. The summed E-state index contributed by atoms with van der Waals surface area (Å²) in [5, 5.41) is 8.14. The monoisotopic (exact) mass is 366 g/mol. The molecule has 3 N–H and O–H groups in total. The zero-order valence-corrected chi connectivity index (χ0v) is 15.8. The molecule has 25 heavy (non-hydrogen) atoms. The third-order valence-corrected chi connectivity index (χ3v) is 5.08. The van der Waals surface area contributed by atoms with Gasteiger partial charge in [0.25, 0.3) is 0 Å². The van der Waals surface area contributed by atoms with Gasteiger partial charge in [-0.1, -0.05) is 13.8 Å². The quantitative estimate of drug-likeness (QED) is 0.744. The molecule has 1 atom stereocenters. The Kier molecular flexibility index (Phi) is 6.18. The lowest BCUT2D eigenvalue weighted by Crippen LogP contribution is -2.32. The van der Waals surface area contributed by atoms with Crippen LogP contribution in [-0.4, -0.2) is 29.9 Å². The highest BCUT2D eigenvalue weighted by molar-refractivity contribution is 7.89. The maximum absolute atomic E-state index is 12.0. The summed E-state index contributed by atoms with van der Waals surface area (Å²) in [6.07, 6.45) is 2.64. The van der Waals surface area contributed by atoms with E-state index in [0.29, 0.717) is 18.4 Å². The largest absolute Gasteiger partial charge is 0.354 e. The highest BCUT2D eigenvalue weighted by atomic mass is 32.2. The Bertz CT molecular complexity index is 858. The van der Waals surface area contributed by atoms with Crippen LogP contribution in [0.1, 0.15) is 45.9 Å². The molecule has 1 aromatic heterocycles. The highest BCUT2D eigenvalue weighted by Gasteiger charge is 2.15. The second-order valence-electron chi connectivity index (χ2n) is 6.25. The van der Waals surface area contributed by atoms with Crippen molar-refractivity contribution in [1.82, 2.24) is 14.9 Å². The number of benzene rings is 1. The van der Waals surface area contributed by atoms with E-state index in [-0.39, 0.29) is 16.8 Å². The van der Waals surface area contributed by atoms with Gasteiger partial charge in [0.05, 0.1) is 15.9 Å². The lowest BCUT2D eigenvalue weighted by molar-refractivity contribution is -0.121. The maximum atomic E-state index is 12.0. The summed E-state index contributed by atoms with van der Waals surface area (Å²) in [4.78, 5) is 16.6. The third-order valence-electron chi connectivity index (χ3n) is 4.17. The van der Waals surface area contributed by atoms with Crippen LogP contribution in [0.4, 0.5) is 0 Å². The van der Waals surface area contributed by atoms with Crippen LogP contribution in [0.15, 0.2) is 23.1 Å². The topological polar surface area (TPSA) is 107 Å². The Hall–Kier alpha value is -1.93. The normalized spacial score (nSPS) is 13.1. The van der Waals surface area contributed by atoms with E-state index in [9.17, 15) is 13.2 Å². The Morgan fingerprint density at radius 2 is 2.08 bits per heavy atom. The molecule has 0 saturated carbocycles. The molecule has 2 rings (SSSR count). The molecule has 1 amide bonds. The van der Waals surface area contributed by atoms with Gasteiger partial charge < -0.3 is 9.88 Å². The number of nitrogens with zero attached hydrogens (tertiary/aromatic N) is 2. The molecule has 138 valence electrons. The van der Waals surface area contributed by atoms with Crippen LogP contribution in [-0.2, 0) is 27.8 Å². The summed E-state index contributed by atoms with van der Waals surface area (Å²) in [5.41, 5.74) is 1.43. The van der Waals surface area contributed by atoms with E-state index in [1.807, 2.05) is 18.4 Å². The molecule has 2 aromatic rings. The first-order valence-electron chi connectivity index (χ1n) is 8.57. The number of aryl methyl sites for hydroxylation is 2. The summed E-state index contributed by atoms with van der Waals surface area (Å²) >= 11 is 0. The number of fused-ring (bicyclic) bond motifs is 1. The SMILES string of the molecule is CCCn1c(CCC(=O)N[C@@H](C)CC)nc2cc(S(N)(=O)=O)ccc21. The van der Waals surface area contributed by atoms with E-state index in [2.05, 4.69) is 17.2 Å². The van der Waals surface area contributed by atoms with Crippen LogP contribution >= 0.6 is 0 Å². The van der Waals surface area contributed by atoms with Gasteiger partial charge in [0, 0.05) is 25.4 Å². The van der Waals surface area contributed by atoms with Gasteiger partial charge in [-0.05, 0) is 38.0 Å². The predicted octanol–water partition coefficient (Wildman–Crippen LogP) is 1.94. The summed E-state index contributed by atoms with van der Waals surface area (Å²) in [7, 11) is -3.77. The van der Waals surface area contributed by atoms with E-state index < -0.39 is 10.0 Å². The van der Waals surface area contributed by atoms with Gasteiger partial charge >= 0.3 is 0 Å². The van der Waals surface area contributed by atoms with Crippen LogP contribution in [0.2, 0.25) is 0 Å². The smallest absolute Gasteiger partial charge is 0.238 e. The van der Waals surface area contributed by atoms with Crippen LogP contribution in [0.3, 0.4) is 0 Å². The number of carbonyl (C=O) groups is 1. The van der Waals surface area contributed by atoms with E-state index in [4.69, 9.17) is 5.14 Å². The van der Waals surface area contributed by atoms with E-state index in [1.165, 1.54) is 12.1 Å². The van der Waals surface area contributed by atoms with Crippen molar-refractivity contribution < 1.29 is 13.2 Å². The van der Waals surface area contributed by atoms with Crippen LogP contribution in [0, 0.1) is 0 Å². The van der Waals surface area contributed by atoms with Gasteiger partial charge in [0.15, 0.2) is 0 Å². The zero-order valence-electron chi connectivity index (χ0n) is 14.9. The number of nitrogens with two attached hydrogens (primary N) is 1. The van der Waals surface area contributed by atoms with Crippen molar-refractivity contribution >= 4 is 27.0 Å². The number of sulfonamides is 1. The number of primary sulfonamides is 1. The molecule has 1 aromatic carbocycles. The molecule has 0 saturated heterocycles. The number of nitrogens with one attached hydrogen (secondary N) is 1. The number of aromatic nitrogens is 2. The van der Waals surface area contributed by atoms with Crippen molar-refractivity contribution in [1.29, 1.82) is 0 Å². The molecule has 0 aliphatic rings. The fraction of sp³-hybridized carbons (Fsp3) is 0.529. The van der Waals surface area contributed by atoms with Crippen molar-refractivity contribution in [3.8, 4) is 0 Å². The Labute approximate surface area is 148 Å². The van der Waals surface area contributed by atoms with Crippen molar-refractivity contribution in [3.63, 3.8) is 0 Å². The lowest BCUT2D eigenvalue weighted by Gasteiger charge is -2.11. The van der Waals surface area contributed by atoms with E-state index >= 15 is 0 Å². The second-order valence-corrected chi connectivity index (χ2v) is 7.81. The summed E-state index contributed by atoms with van der Waals surface area (Å²) in [5.74, 6) is 0.775. The number of hydrogen-bond acceptors (Lipinski definition) is 4. The molecule has 0 bridgehead atoms. The standard InChI is InChI=1S/C17H26N4O3S/c1-4-10-21-15-7-6-13(25(18,23)24)11-14(15)20-16(21)8-9-17(22)19-12(3)5-2/h6-7,11-12H,4-5,8-10H2,1-3H3,(H,19,22)(H2,18,23,24)/t12-/m0/s1. The average molecular weight is 366 g/mol. The van der Waals surface area contributed by atoms with E-state index in [1.54, 1.807) is 6.07 Å². The zero-order chi connectivity index (χ0) is 18.6. The van der Waals surface area contributed by atoms with Crippen LogP contribution in [0.25, 0.3) is 11.0 Å². The van der Waals surface area contributed by atoms with Gasteiger partial charge in [0.2, 0.25) is 15.9 Å². The summed E-state index contributed by atoms with van der Waals surface area (Å²) in [6.45, 7) is 6.81. The van der Waals surface area contributed by atoms with Gasteiger partial charge in [0.1, 0.15) is 5.82 Å². The fourth-order valence-electron chi connectivity index (χ4n) is 2.67. The summed E-state index contributed by atoms with van der Waals surface area (Å²) in [6, 6.07) is 4.85. The van der Waals surface area contributed by atoms with Crippen LogP contribution in [0.5, 0.6) is 0 Å². The van der Waals surface area contributed by atoms with E-state index in [0.717, 1.165) is 30.7 Å². The number of hydrogen-bond donors (Lipinski definition) is 2. The summed E-state index contributed by atoms with van der Waals surface area (Å²) < 4.78 is 25.1. The molecule has 8 heteroatoms. The number of amides is 1. The highest BCUT2D eigenvalue weighted by Crippen LogP contribution is 2.21. The molecule has 0 aliphatic heterocycles. The van der Waals surface area contributed by atoms with Crippen molar-refractivity contribution in [3.05, 3.63) is 24.0 Å². The minimum atomic E-state index is -3.77. The number of carbonyl (C=O) groups excluding carboxylic acids is 1. The first kappa shape index (κ1) is 19.4. The third kappa shape index (κ3) is 4.79. The molecule has 0 radical (unpaired) electrons. The molecule has 0 fully saturated rings. The van der Waals surface area contributed by atoms with Crippen molar-refractivity contribution in [2.45, 2.75) is 63.9 Å². The predicted molar refractivity (Wildman–Crippen MR) is 97.6 cm³/mol. The molecular formula is C17H26N4O3S. The second kappa shape index (κ2) is 7.97. The van der Waals surface area contributed by atoms with Gasteiger partial charge in [-0.25, -0.2) is 18.5 Å². The number of rotatable bonds is 8. The molecule has 0 aliphatic carbocycles. The average Bonchev–Trinajstić information content (AvgIpc) is 2.89. The van der Waals surface area contributed by atoms with Gasteiger partial charge in [-0.3, -0.25) is 4.79 Å². The lowest BCUT2D eigenvalue weighted by atomic mass is 10.2. The Balaban J connectivity index is 2.29. The Morgan fingerprint density at radius 1 is 1.36 bits per heavy atom. The first-order chi connectivity index (χ1) is 11.8. The Morgan fingerprint density at radius 3 is 2.68 bits per heavy atom. The van der Waals surface area contributed by atoms with Gasteiger partial charge in [-0.2, -0.15) is 0 Å². The van der Waals surface area contributed by atoms with Gasteiger partial charge in [-0.15, -0.1) is 0 Å². The fourth-order valence-corrected chi connectivity index (χ4v) is 3.21. The molecule has 0 spiro atoms.